The Kier molecular flexibility index (Phi) is 8.52. The molecule has 0 fully saturated rings. The predicted molar refractivity (Wildman–Crippen MR) is 43.8 cm³/mol. The van der Waals surface area contributed by atoms with E-state index in [2.05, 4.69) is 22.9 Å². The summed E-state index contributed by atoms with van der Waals surface area (Å²) in [4.78, 5) is 0. The molecule has 0 amide bonds. The highest BCUT2D eigenvalue weighted by atomic mass is 27.0. The molecule has 0 aromatic heterocycles. The zero-order valence-corrected chi connectivity index (χ0v) is 7.26. The van der Waals surface area contributed by atoms with Crippen LogP contribution in [0.2, 0.25) is 5.28 Å². The van der Waals surface area contributed by atoms with E-state index in [9.17, 15) is 0 Å². The molecule has 0 aliphatic rings. The maximum atomic E-state index is 3.67. The van der Waals surface area contributed by atoms with E-state index in [1.54, 1.807) is 0 Å². The average Bonchev–Trinajstić information content (AvgIpc) is 1.89. The molecule has 50 valence electrons. The van der Waals surface area contributed by atoms with E-state index in [4.69, 9.17) is 0 Å². The second-order valence-corrected chi connectivity index (χ2v) is 2.86. The molecule has 2 radical (unpaired) electrons. The fourth-order valence-electron chi connectivity index (χ4n) is 0.787. The average molecular weight is 138 g/mol. The van der Waals surface area contributed by atoms with E-state index < -0.39 is 0 Å². The number of hydrogen-bond donors (Lipinski definition) is 0. The largest absolute Gasteiger partial charge is 0.118 e. The first kappa shape index (κ1) is 9.27. The third-order valence-corrected chi connectivity index (χ3v) is 1.77. The van der Waals surface area contributed by atoms with Crippen LogP contribution >= 0.6 is 0 Å². The number of rotatable bonds is 6. The summed E-state index contributed by atoms with van der Waals surface area (Å²) in [7, 11) is 0. The fraction of sp³-hybridized carbons (Fsp3) is 0.750. The molecule has 9 heavy (non-hydrogen) atoms. The first-order valence-electron chi connectivity index (χ1n) is 3.72. The lowest BCUT2D eigenvalue weighted by atomic mass is 10.1. The summed E-state index contributed by atoms with van der Waals surface area (Å²) < 4.78 is 0. The number of allylic oxidation sites excluding steroid dienone is 1. The number of hydrogen-bond acceptors (Lipinski definition) is 0. The van der Waals surface area contributed by atoms with Crippen LogP contribution in [-0.4, -0.2) is 16.3 Å². The van der Waals surface area contributed by atoms with E-state index in [1.807, 2.05) is 6.08 Å². The van der Waals surface area contributed by atoms with Crippen LogP contribution in [0.1, 0.15) is 32.1 Å². The van der Waals surface area contributed by atoms with Crippen molar-refractivity contribution in [3.05, 3.63) is 12.7 Å². The summed E-state index contributed by atoms with van der Waals surface area (Å²) >= 11 is 2.76. The van der Waals surface area contributed by atoms with Crippen molar-refractivity contribution >= 4 is 16.3 Å². The van der Waals surface area contributed by atoms with Crippen LogP contribution in [0.15, 0.2) is 12.7 Å². The fourth-order valence-corrected chi connectivity index (χ4v) is 1.08. The summed E-state index contributed by atoms with van der Waals surface area (Å²) in [5.41, 5.74) is 0. The van der Waals surface area contributed by atoms with Crippen molar-refractivity contribution in [2.45, 2.75) is 37.4 Å². The zero-order valence-electron chi connectivity index (χ0n) is 6.10. The molecule has 0 aliphatic carbocycles. The highest BCUT2D eigenvalue weighted by molar-refractivity contribution is 6.08. The quantitative estimate of drug-likeness (QED) is 0.301. The molecule has 0 saturated heterocycles. The van der Waals surface area contributed by atoms with Crippen molar-refractivity contribution in [2.24, 2.45) is 0 Å². The van der Waals surface area contributed by atoms with E-state index >= 15 is 0 Å². The normalized spacial score (nSPS) is 9.33. The van der Waals surface area contributed by atoms with Gasteiger partial charge in [-0.05, 0) is 12.8 Å². The summed E-state index contributed by atoms with van der Waals surface area (Å²) in [6.07, 6.45) is 8.64. The lowest BCUT2D eigenvalue weighted by Gasteiger charge is -1.94. The van der Waals surface area contributed by atoms with Crippen molar-refractivity contribution < 1.29 is 0 Å². The Morgan fingerprint density at radius 2 is 1.78 bits per heavy atom. The van der Waals surface area contributed by atoms with Gasteiger partial charge in [-0.25, -0.2) is 0 Å². The first-order valence-corrected chi connectivity index (χ1v) is 4.54. The molecule has 0 unspecified atom stereocenters. The van der Waals surface area contributed by atoms with Crippen molar-refractivity contribution in [1.82, 2.24) is 0 Å². The van der Waals surface area contributed by atoms with Crippen molar-refractivity contribution in [2.75, 3.05) is 0 Å². The van der Waals surface area contributed by atoms with Gasteiger partial charge in [0.25, 0.3) is 0 Å². The topological polar surface area (TPSA) is 0 Å². The van der Waals surface area contributed by atoms with Crippen LogP contribution in [0.5, 0.6) is 0 Å². The van der Waals surface area contributed by atoms with Crippen LogP contribution in [0, 0.1) is 0 Å². The minimum Gasteiger partial charge on any atom is -0.118 e. The molecular formula is C8H15Al. The van der Waals surface area contributed by atoms with Crippen molar-refractivity contribution in [3.8, 4) is 0 Å². The van der Waals surface area contributed by atoms with E-state index in [0.717, 1.165) is 0 Å². The summed E-state index contributed by atoms with van der Waals surface area (Å²) in [5.74, 6) is 0. The van der Waals surface area contributed by atoms with Crippen LogP contribution in [-0.2, 0) is 0 Å². The van der Waals surface area contributed by atoms with Gasteiger partial charge < -0.3 is 0 Å². The lowest BCUT2D eigenvalue weighted by molar-refractivity contribution is 0.674. The van der Waals surface area contributed by atoms with Gasteiger partial charge in [0.2, 0.25) is 0 Å². The van der Waals surface area contributed by atoms with Gasteiger partial charge in [-0.3, -0.25) is 0 Å². The van der Waals surface area contributed by atoms with Crippen molar-refractivity contribution in [1.29, 1.82) is 0 Å². The Morgan fingerprint density at radius 1 is 1.11 bits per heavy atom. The van der Waals surface area contributed by atoms with Crippen LogP contribution in [0.4, 0.5) is 0 Å². The van der Waals surface area contributed by atoms with E-state index in [1.165, 1.54) is 37.4 Å². The maximum Gasteiger partial charge on any atom is 0.118 e. The molecular weight excluding hydrogens is 123 g/mol. The highest BCUT2D eigenvalue weighted by Gasteiger charge is 1.84. The Balaban J connectivity index is 2.66. The molecule has 0 aromatic rings. The van der Waals surface area contributed by atoms with Crippen molar-refractivity contribution in [3.63, 3.8) is 0 Å². The molecule has 1 heteroatoms. The summed E-state index contributed by atoms with van der Waals surface area (Å²) in [5, 5.41) is 1.26. The van der Waals surface area contributed by atoms with Gasteiger partial charge in [0.1, 0.15) is 16.3 Å². The first-order chi connectivity index (χ1) is 4.41. The van der Waals surface area contributed by atoms with Crippen LogP contribution < -0.4 is 0 Å². The monoisotopic (exact) mass is 138 g/mol. The SMILES string of the molecule is C=CCCCCC[CH2][Al]. The molecule has 0 N–H and O–H groups in total. The highest BCUT2D eigenvalue weighted by Crippen LogP contribution is 2.03. The zero-order chi connectivity index (χ0) is 6.95. The third-order valence-electron chi connectivity index (χ3n) is 1.36. The van der Waals surface area contributed by atoms with Crippen LogP contribution in [0.25, 0.3) is 0 Å². The van der Waals surface area contributed by atoms with Gasteiger partial charge in [0.15, 0.2) is 0 Å². The third kappa shape index (κ3) is 8.27. The minimum atomic E-state index is 1.19. The summed E-state index contributed by atoms with van der Waals surface area (Å²) in [6.45, 7) is 3.67. The Bertz CT molecular complexity index is 59.6. The van der Waals surface area contributed by atoms with E-state index in [0.29, 0.717) is 0 Å². The second-order valence-electron chi connectivity index (χ2n) is 2.28. The standard InChI is InChI=1S/C8H15.Al/c1-3-5-7-8-6-4-2;/h3H,1-2,4-8H2;. The Morgan fingerprint density at radius 3 is 2.33 bits per heavy atom. The molecule has 0 atom stereocenters. The Labute approximate surface area is 66.8 Å². The minimum absolute atomic E-state index is 1.19. The van der Waals surface area contributed by atoms with Gasteiger partial charge in [0, 0.05) is 0 Å². The molecule has 0 nitrogen and oxygen atoms in total. The van der Waals surface area contributed by atoms with Crippen LogP contribution in [0.3, 0.4) is 0 Å². The van der Waals surface area contributed by atoms with Gasteiger partial charge in [-0.15, -0.1) is 11.9 Å². The lowest BCUT2D eigenvalue weighted by Crippen LogP contribution is -1.76. The van der Waals surface area contributed by atoms with E-state index in [-0.39, 0.29) is 0 Å². The molecule has 0 heterocycles. The molecule has 0 aromatic carbocycles. The molecule has 0 aliphatic heterocycles. The molecule has 0 saturated carbocycles. The Hall–Kier alpha value is 0.272. The van der Waals surface area contributed by atoms with Gasteiger partial charge in [-0.2, -0.15) is 0 Å². The predicted octanol–water partition coefficient (Wildman–Crippen LogP) is 2.71. The van der Waals surface area contributed by atoms with Gasteiger partial charge in [0.05, 0.1) is 0 Å². The smallest absolute Gasteiger partial charge is 0.118 e. The maximum absolute atomic E-state index is 3.67. The van der Waals surface area contributed by atoms with Gasteiger partial charge in [-0.1, -0.05) is 25.3 Å². The number of unbranched alkanes of at least 4 members (excludes halogenated alkanes) is 4. The van der Waals surface area contributed by atoms with Gasteiger partial charge >= 0.3 is 0 Å². The second kappa shape index (κ2) is 8.27. The molecule has 0 bridgehead atoms. The molecule has 0 rings (SSSR count). The molecule has 0 spiro atoms. The summed E-state index contributed by atoms with van der Waals surface area (Å²) in [6, 6.07) is 0.